The lowest BCUT2D eigenvalue weighted by Crippen LogP contribution is -2.30. The number of aromatic nitrogens is 1. The fourth-order valence-corrected chi connectivity index (χ4v) is 2.22. The molecule has 0 unspecified atom stereocenters. The fraction of sp³-hybridized carbons (Fsp3) is 0.111. The van der Waals surface area contributed by atoms with Crippen molar-refractivity contribution >= 4 is 22.5 Å². The molecule has 1 aromatic heterocycles. The summed E-state index contributed by atoms with van der Waals surface area (Å²) >= 11 is 0. The molecule has 0 saturated carbocycles. The number of para-hydroxylation sites is 2. The summed E-state index contributed by atoms with van der Waals surface area (Å²) in [6, 6.07) is 15.2. The molecule has 0 aliphatic carbocycles. The largest absolute Gasteiger partial charge is 0.478 e. The number of nitrogens with zero attached hydrogens (tertiary/aromatic N) is 1. The number of nitrogens with one attached hydrogen (secondary N) is 1. The van der Waals surface area contributed by atoms with Crippen LogP contribution in [0.2, 0.25) is 0 Å². The van der Waals surface area contributed by atoms with Gasteiger partial charge < -0.3 is 10.1 Å². The molecule has 5 heteroatoms. The van der Waals surface area contributed by atoms with Gasteiger partial charge in [-0.15, -0.1) is 0 Å². The summed E-state index contributed by atoms with van der Waals surface area (Å²) in [5.74, 6) is -0.823. The zero-order chi connectivity index (χ0) is 16.2. The van der Waals surface area contributed by atoms with Crippen molar-refractivity contribution in [2.45, 2.75) is 13.0 Å². The highest BCUT2D eigenvalue weighted by Gasteiger charge is 2.17. The second-order valence-corrected chi connectivity index (χ2v) is 5.06. The highest BCUT2D eigenvalue weighted by molar-refractivity contribution is 6.01. The first kappa shape index (κ1) is 15.0. The van der Waals surface area contributed by atoms with Crippen molar-refractivity contribution in [1.29, 1.82) is 0 Å². The molecule has 0 bridgehead atoms. The maximum Gasteiger partial charge on any atom is 0.265 e. The Hall–Kier alpha value is -2.95. The van der Waals surface area contributed by atoms with E-state index < -0.39 is 11.9 Å². The summed E-state index contributed by atoms with van der Waals surface area (Å²) in [5, 5.41) is 3.70. The molecular weight excluding hydrogens is 295 g/mol. The molecule has 0 spiro atoms. The first-order valence-electron chi connectivity index (χ1n) is 7.21. The quantitative estimate of drug-likeness (QED) is 0.798. The number of carbonyl (C=O) groups is 1. The van der Waals surface area contributed by atoms with Crippen LogP contribution in [0.5, 0.6) is 5.75 Å². The second-order valence-electron chi connectivity index (χ2n) is 5.06. The van der Waals surface area contributed by atoms with Crippen molar-refractivity contribution in [3.63, 3.8) is 0 Å². The van der Waals surface area contributed by atoms with Crippen molar-refractivity contribution < 1.29 is 13.9 Å². The summed E-state index contributed by atoms with van der Waals surface area (Å²) in [5.41, 5.74) is 1.29. The van der Waals surface area contributed by atoms with Gasteiger partial charge in [0.05, 0.1) is 11.2 Å². The lowest BCUT2D eigenvalue weighted by molar-refractivity contribution is -0.122. The molecule has 2 aromatic carbocycles. The van der Waals surface area contributed by atoms with Crippen LogP contribution in [0.1, 0.15) is 6.92 Å². The maximum atomic E-state index is 13.6. The monoisotopic (exact) mass is 310 g/mol. The van der Waals surface area contributed by atoms with Gasteiger partial charge in [-0.2, -0.15) is 0 Å². The average molecular weight is 310 g/mol. The van der Waals surface area contributed by atoms with Crippen LogP contribution >= 0.6 is 0 Å². The molecule has 0 aliphatic heterocycles. The molecule has 3 rings (SSSR count). The van der Waals surface area contributed by atoms with Crippen molar-refractivity contribution in [3.8, 4) is 5.75 Å². The molecule has 0 fully saturated rings. The van der Waals surface area contributed by atoms with Gasteiger partial charge in [-0.1, -0.05) is 30.3 Å². The van der Waals surface area contributed by atoms with E-state index in [1.54, 1.807) is 31.3 Å². The highest BCUT2D eigenvalue weighted by atomic mass is 19.1. The number of rotatable bonds is 4. The van der Waals surface area contributed by atoms with Crippen molar-refractivity contribution in [1.82, 2.24) is 4.98 Å². The van der Waals surface area contributed by atoms with E-state index in [1.165, 1.54) is 12.1 Å². The lowest BCUT2D eigenvalue weighted by atomic mass is 10.2. The van der Waals surface area contributed by atoms with E-state index in [1.807, 2.05) is 24.3 Å². The Morgan fingerprint density at radius 3 is 2.74 bits per heavy atom. The van der Waals surface area contributed by atoms with E-state index in [-0.39, 0.29) is 11.7 Å². The topological polar surface area (TPSA) is 51.2 Å². The van der Waals surface area contributed by atoms with Crippen LogP contribution in [0, 0.1) is 5.82 Å². The van der Waals surface area contributed by atoms with E-state index in [0.29, 0.717) is 11.2 Å². The van der Waals surface area contributed by atoms with Crippen LogP contribution < -0.4 is 10.1 Å². The summed E-state index contributed by atoms with van der Waals surface area (Å²) < 4.78 is 19.0. The Morgan fingerprint density at radius 2 is 1.91 bits per heavy atom. The molecule has 23 heavy (non-hydrogen) atoms. The van der Waals surface area contributed by atoms with Crippen LogP contribution in [0.3, 0.4) is 0 Å². The second kappa shape index (κ2) is 6.44. The summed E-state index contributed by atoms with van der Waals surface area (Å²) in [4.78, 5) is 16.6. The van der Waals surface area contributed by atoms with Gasteiger partial charge in [0.2, 0.25) is 0 Å². The molecule has 3 aromatic rings. The SMILES string of the molecule is C[C@H](Oc1ccccc1F)C(=O)Nc1cccc2cccnc12. The van der Waals surface area contributed by atoms with E-state index in [2.05, 4.69) is 10.3 Å². The van der Waals surface area contributed by atoms with Gasteiger partial charge in [0.25, 0.3) is 5.91 Å². The Morgan fingerprint density at radius 1 is 1.13 bits per heavy atom. The van der Waals surface area contributed by atoms with Crippen LogP contribution in [0.15, 0.2) is 60.8 Å². The van der Waals surface area contributed by atoms with Crippen LogP contribution in [0.25, 0.3) is 10.9 Å². The first-order chi connectivity index (χ1) is 11.1. The minimum absolute atomic E-state index is 0.0474. The Labute approximate surface area is 132 Å². The predicted octanol–water partition coefficient (Wildman–Crippen LogP) is 3.78. The summed E-state index contributed by atoms with van der Waals surface area (Å²) in [6.45, 7) is 1.57. The molecule has 0 aliphatic rings. The summed E-state index contributed by atoms with van der Waals surface area (Å²) in [6.07, 6.45) is 0.822. The van der Waals surface area contributed by atoms with Gasteiger partial charge in [-0.25, -0.2) is 4.39 Å². The van der Waals surface area contributed by atoms with Gasteiger partial charge in [-0.05, 0) is 31.2 Å². The number of halogens is 1. The van der Waals surface area contributed by atoms with Gasteiger partial charge in [0, 0.05) is 11.6 Å². The predicted molar refractivity (Wildman–Crippen MR) is 86.9 cm³/mol. The van der Waals surface area contributed by atoms with Gasteiger partial charge in [0.15, 0.2) is 17.7 Å². The third kappa shape index (κ3) is 3.29. The average Bonchev–Trinajstić information content (AvgIpc) is 2.57. The minimum atomic E-state index is -0.842. The smallest absolute Gasteiger partial charge is 0.265 e. The number of benzene rings is 2. The third-order valence-electron chi connectivity index (χ3n) is 3.40. The highest BCUT2D eigenvalue weighted by Crippen LogP contribution is 2.22. The van der Waals surface area contributed by atoms with Gasteiger partial charge in [-0.3, -0.25) is 9.78 Å². The molecular formula is C18H15FN2O2. The summed E-state index contributed by atoms with van der Waals surface area (Å²) in [7, 11) is 0. The molecule has 116 valence electrons. The standard InChI is InChI=1S/C18H15FN2O2/c1-12(23-16-10-3-2-8-14(16)19)18(22)21-15-9-4-6-13-7-5-11-20-17(13)15/h2-12H,1H3,(H,21,22)/t12-/m0/s1. The van der Waals surface area contributed by atoms with Crippen LogP contribution in [-0.4, -0.2) is 17.0 Å². The molecule has 0 saturated heterocycles. The van der Waals surface area contributed by atoms with E-state index >= 15 is 0 Å². The maximum absolute atomic E-state index is 13.6. The number of hydrogen-bond acceptors (Lipinski definition) is 3. The third-order valence-corrected chi connectivity index (χ3v) is 3.40. The number of amides is 1. The fourth-order valence-electron chi connectivity index (χ4n) is 2.22. The molecule has 1 atom stereocenters. The van der Waals surface area contributed by atoms with Crippen molar-refractivity contribution in [2.75, 3.05) is 5.32 Å². The molecule has 0 radical (unpaired) electrons. The van der Waals surface area contributed by atoms with Crippen LogP contribution in [0.4, 0.5) is 10.1 Å². The lowest BCUT2D eigenvalue weighted by Gasteiger charge is -2.15. The number of anilines is 1. The molecule has 1 heterocycles. The number of ether oxygens (including phenoxy) is 1. The molecule has 1 amide bonds. The number of fused-ring (bicyclic) bond motifs is 1. The zero-order valence-corrected chi connectivity index (χ0v) is 12.5. The Balaban J connectivity index is 1.77. The number of pyridine rings is 1. The minimum Gasteiger partial charge on any atom is -0.478 e. The normalized spacial score (nSPS) is 11.9. The van der Waals surface area contributed by atoms with Gasteiger partial charge in [0.1, 0.15) is 0 Å². The number of carbonyl (C=O) groups excluding carboxylic acids is 1. The molecule has 1 N–H and O–H groups in total. The van der Waals surface area contributed by atoms with Crippen molar-refractivity contribution in [2.24, 2.45) is 0 Å². The zero-order valence-electron chi connectivity index (χ0n) is 12.5. The Bertz CT molecular complexity index is 846. The van der Waals surface area contributed by atoms with Gasteiger partial charge >= 0.3 is 0 Å². The first-order valence-corrected chi connectivity index (χ1v) is 7.21. The molecule has 4 nitrogen and oxygen atoms in total. The van der Waals surface area contributed by atoms with E-state index in [0.717, 1.165) is 5.39 Å². The van der Waals surface area contributed by atoms with E-state index in [9.17, 15) is 9.18 Å². The van der Waals surface area contributed by atoms with Crippen molar-refractivity contribution in [3.05, 3.63) is 66.6 Å². The number of hydrogen-bond donors (Lipinski definition) is 1. The van der Waals surface area contributed by atoms with E-state index in [4.69, 9.17) is 4.74 Å². The Kier molecular flexibility index (Phi) is 4.19. The van der Waals surface area contributed by atoms with Crippen LogP contribution in [-0.2, 0) is 4.79 Å².